The fourth-order valence-corrected chi connectivity index (χ4v) is 3.79. The maximum absolute atomic E-state index is 12.9. The first kappa shape index (κ1) is 20.9. The Morgan fingerprint density at radius 3 is 2.83 bits per heavy atom. The van der Waals surface area contributed by atoms with Crippen LogP contribution in [0.3, 0.4) is 0 Å². The summed E-state index contributed by atoms with van der Waals surface area (Å²) in [5, 5.41) is 10.4. The molecule has 0 spiro atoms. The molecule has 0 aromatic carbocycles. The van der Waals surface area contributed by atoms with Crippen LogP contribution in [0.1, 0.15) is 35.4 Å². The van der Waals surface area contributed by atoms with E-state index in [9.17, 15) is 4.79 Å². The third-order valence-electron chi connectivity index (χ3n) is 4.13. The van der Waals surface area contributed by atoms with Gasteiger partial charge in [0.1, 0.15) is 6.04 Å². The quantitative estimate of drug-likeness (QED) is 0.868. The van der Waals surface area contributed by atoms with Crippen molar-refractivity contribution in [3.63, 3.8) is 0 Å². The van der Waals surface area contributed by atoms with Gasteiger partial charge in [-0.15, -0.1) is 36.2 Å². The molecule has 1 N–H and O–H groups in total. The number of aromatic nitrogens is 3. The van der Waals surface area contributed by atoms with E-state index in [0.29, 0.717) is 5.92 Å². The van der Waals surface area contributed by atoms with Gasteiger partial charge in [-0.3, -0.25) is 9.48 Å². The number of carbonyl (C=O) groups is 1. The van der Waals surface area contributed by atoms with E-state index in [-0.39, 0.29) is 36.8 Å². The van der Waals surface area contributed by atoms with Crippen LogP contribution in [0.4, 0.5) is 0 Å². The van der Waals surface area contributed by atoms with Crippen LogP contribution in [-0.4, -0.2) is 45.7 Å². The van der Waals surface area contributed by atoms with Crippen LogP contribution in [-0.2, 0) is 11.8 Å². The third kappa shape index (κ3) is 4.47. The Kier molecular flexibility index (Phi) is 8.15. The van der Waals surface area contributed by atoms with Crippen LogP contribution in [0.5, 0.6) is 0 Å². The summed E-state index contributed by atoms with van der Waals surface area (Å²) in [6, 6.07) is -0.330. The molecular weight excluding hydrogens is 369 g/mol. The van der Waals surface area contributed by atoms with E-state index in [2.05, 4.69) is 15.4 Å². The van der Waals surface area contributed by atoms with Crippen molar-refractivity contribution in [1.29, 1.82) is 0 Å². The fraction of sp³-hybridized carbons (Fsp3) is 0.533. The van der Waals surface area contributed by atoms with E-state index in [1.807, 2.05) is 36.8 Å². The topological polar surface area (TPSA) is 63.1 Å². The number of aryl methyl sites for hydroxylation is 1. The zero-order valence-electron chi connectivity index (χ0n) is 13.7. The molecular formula is C15H23Cl2N5OS. The highest BCUT2D eigenvalue weighted by molar-refractivity contribution is 7.09. The van der Waals surface area contributed by atoms with E-state index in [1.54, 1.807) is 22.2 Å². The van der Waals surface area contributed by atoms with Crippen LogP contribution in [0.25, 0.3) is 0 Å². The van der Waals surface area contributed by atoms with Gasteiger partial charge < -0.3 is 10.2 Å². The molecule has 6 nitrogen and oxygen atoms in total. The standard InChI is InChI=1S/C15H21N5OS.2ClH/c1-16-13(12-8-18-19(2)9-12)15(21)20-6-3-4-11(10-20)14-17-5-7-22-14;;/h5,7-9,11,13,16H,3-4,6,10H2,1-2H3;2*1H. The number of thiazole rings is 1. The molecule has 1 fully saturated rings. The number of carbonyl (C=O) groups excluding carboxylic acids is 1. The number of rotatable bonds is 4. The van der Waals surface area contributed by atoms with Crippen molar-refractivity contribution in [2.45, 2.75) is 24.8 Å². The molecule has 134 valence electrons. The third-order valence-corrected chi connectivity index (χ3v) is 5.07. The second-order valence-corrected chi connectivity index (χ2v) is 6.59. The van der Waals surface area contributed by atoms with Crippen molar-refractivity contribution >= 4 is 42.1 Å². The molecule has 1 saturated heterocycles. The summed E-state index contributed by atoms with van der Waals surface area (Å²) >= 11 is 1.68. The van der Waals surface area contributed by atoms with E-state index >= 15 is 0 Å². The number of nitrogens with one attached hydrogen (secondary N) is 1. The predicted octanol–water partition coefficient (Wildman–Crippen LogP) is 2.39. The first-order valence-electron chi connectivity index (χ1n) is 7.53. The monoisotopic (exact) mass is 391 g/mol. The molecule has 1 aliphatic rings. The number of hydrogen-bond donors (Lipinski definition) is 1. The van der Waals surface area contributed by atoms with E-state index in [1.165, 1.54) is 0 Å². The molecule has 9 heteroatoms. The van der Waals surface area contributed by atoms with Gasteiger partial charge in [0.15, 0.2) is 0 Å². The number of nitrogens with zero attached hydrogens (tertiary/aromatic N) is 4. The summed E-state index contributed by atoms with van der Waals surface area (Å²) in [6.07, 6.45) is 7.61. The van der Waals surface area contributed by atoms with Gasteiger partial charge in [-0.2, -0.15) is 5.10 Å². The maximum Gasteiger partial charge on any atom is 0.244 e. The number of halogens is 2. The largest absolute Gasteiger partial charge is 0.340 e. The average molecular weight is 392 g/mol. The summed E-state index contributed by atoms with van der Waals surface area (Å²) < 4.78 is 1.72. The Morgan fingerprint density at radius 1 is 1.46 bits per heavy atom. The average Bonchev–Trinajstić information content (AvgIpc) is 3.20. The van der Waals surface area contributed by atoms with Crippen molar-refractivity contribution in [2.24, 2.45) is 7.05 Å². The summed E-state index contributed by atoms with van der Waals surface area (Å²) in [5.74, 6) is 0.487. The van der Waals surface area contributed by atoms with Gasteiger partial charge in [-0.05, 0) is 19.9 Å². The lowest BCUT2D eigenvalue weighted by molar-refractivity contribution is -0.134. The molecule has 0 aliphatic carbocycles. The summed E-state index contributed by atoms with van der Waals surface area (Å²) in [6.45, 7) is 1.57. The number of likely N-dealkylation sites (N-methyl/N-ethyl adjacent to an activating group) is 1. The number of hydrogen-bond acceptors (Lipinski definition) is 5. The Balaban J connectivity index is 0.00000144. The lowest BCUT2D eigenvalue weighted by atomic mass is 9.97. The number of likely N-dealkylation sites (tertiary alicyclic amines) is 1. The fourth-order valence-electron chi connectivity index (χ4n) is 3.02. The minimum Gasteiger partial charge on any atom is -0.340 e. The lowest BCUT2D eigenvalue weighted by Crippen LogP contribution is -2.44. The Bertz CT molecular complexity index is 634. The Morgan fingerprint density at radius 2 is 2.25 bits per heavy atom. The Labute approximate surface area is 158 Å². The SMILES string of the molecule is CNC(C(=O)N1CCCC(c2nccs2)C1)c1cnn(C)c1.Cl.Cl. The van der Waals surface area contributed by atoms with Crippen molar-refractivity contribution in [1.82, 2.24) is 25.0 Å². The van der Waals surface area contributed by atoms with Crippen LogP contribution >= 0.6 is 36.2 Å². The predicted molar refractivity (Wildman–Crippen MR) is 100 cm³/mol. The van der Waals surface area contributed by atoms with Crippen molar-refractivity contribution in [3.8, 4) is 0 Å². The second kappa shape index (κ2) is 9.36. The van der Waals surface area contributed by atoms with Gasteiger partial charge in [0.25, 0.3) is 0 Å². The van der Waals surface area contributed by atoms with Crippen LogP contribution in [0, 0.1) is 0 Å². The number of amides is 1. The van der Waals surface area contributed by atoms with Crippen molar-refractivity contribution in [3.05, 3.63) is 34.5 Å². The van der Waals surface area contributed by atoms with Crippen molar-refractivity contribution in [2.75, 3.05) is 20.1 Å². The summed E-state index contributed by atoms with van der Waals surface area (Å²) in [7, 11) is 3.68. The summed E-state index contributed by atoms with van der Waals surface area (Å²) in [5.41, 5.74) is 0.909. The highest BCUT2D eigenvalue weighted by Crippen LogP contribution is 2.29. The van der Waals surface area contributed by atoms with E-state index in [0.717, 1.165) is 36.5 Å². The highest BCUT2D eigenvalue weighted by Gasteiger charge is 2.31. The second-order valence-electron chi connectivity index (χ2n) is 5.66. The molecule has 1 aliphatic heterocycles. The molecule has 1 amide bonds. The van der Waals surface area contributed by atoms with E-state index < -0.39 is 0 Å². The lowest BCUT2D eigenvalue weighted by Gasteiger charge is -2.34. The molecule has 24 heavy (non-hydrogen) atoms. The van der Waals surface area contributed by atoms with Gasteiger partial charge in [0.2, 0.25) is 5.91 Å². The first-order chi connectivity index (χ1) is 10.7. The van der Waals surface area contributed by atoms with Crippen LogP contribution in [0.2, 0.25) is 0 Å². The molecule has 2 unspecified atom stereocenters. The molecule has 2 aromatic heterocycles. The minimum absolute atomic E-state index is 0. The molecule has 0 bridgehead atoms. The number of piperidine rings is 1. The smallest absolute Gasteiger partial charge is 0.244 e. The molecule has 3 rings (SSSR count). The molecule has 2 atom stereocenters. The minimum atomic E-state index is -0.330. The van der Waals surface area contributed by atoms with Crippen LogP contribution in [0.15, 0.2) is 24.0 Å². The first-order valence-corrected chi connectivity index (χ1v) is 8.41. The molecule has 3 heterocycles. The van der Waals surface area contributed by atoms with Gasteiger partial charge >= 0.3 is 0 Å². The van der Waals surface area contributed by atoms with Crippen LogP contribution < -0.4 is 5.32 Å². The molecule has 0 radical (unpaired) electrons. The molecule has 0 saturated carbocycles. The summed E-state index contributed by atoms with van der Waals surface area (Å²) in [4.78, 5) is 19.2. The normalized spacial score (nSPS) is 18.4. The van der Waals surface area contributed by atoms with Gasteiger partial charge in [-0.1, -0.05) is 0 Å². The zero-order chi connectivity index (χ0) is 15.5. The Hall–Kier alpha value is -1.15. The van der Waals surface area contributed by atoms with Gasteiger partial charge in [0, 0.05) is 49.4 Å². The zero-order valence-corrected chi connectivity index (χ0v) is 16.2. The van der Waals surface area contributed by atoms with Gasteiger partial charge in [-0.25, -0.2) is 4.98 Å². The van der Waals surface area contributed by atoms with Crippen molar-refractivity contribution < 1.29 is 4.79 Å². The van der Waals surface area contributed by atoms with E-state index in [4.69, 9.17) is 0 Å². The maximum atomic E-state index is 12.9. The van der Waals surface area contributed by atoms with Gasteiger partial charge in [0.05, 0.1) is 11.2 Å². The highest BCUT2D eigenvalue weighted by atomic mass is 35.5. The molecule has 2 aromatic rings.